The predicted molar refractivity (Wildman–Crippen MR) is 77.7 cm³/mol. The minimum absolute atomic E-state index is 0.208. The van der Waals surface area contributed by atoms with Crippen molar-refractivity contribution in [3.8, 4) is 0 Å². The van der Waals surface area contributed by atoms with Crippen molar-refractivity contribution >= 4 is 11.8 Å². The lowest BCUT2D eigenvalue weighted by Crippen LogP contribution is -2.27. The zero-order valence-electron chi connectivity index (χ0n) is 11.1. The van der Waals surface area contributed by atoms with Gasteiger partial charge in [-0.15, -0.1) is 0 Å². The van der Waals surface area contributed by atoms with E-state index >= 15 is 0 Å². The number of nitrogens with two attached hydrogens (primary N) is 1. The molecule has 2 rings (SSSR count). The van der Waals surface area contributed by atoms with E-state index in [1.165, 1.54) is 47.3 Å². The van der Waals surface area contributed by atoms with Gasteiger partial charge in [-0.1, -0.05) is 18.6 Å². The molecule has 94 valence electrons. The molecule has 1 aliphatic rings. The van der Waals surface area contributed by atoms with Gasteiger partial charge >= 0.3 is 0 Å². The molecular weight excluding hydrogens is 226 g/mol. The zero-order chi connectivity index (χ0) is 12.4. The summed E-state index contributed by atoms with van der Waals surface area (Å²) in [6.45, 7) is 6.54. The SMILES string of the molecule is Cc1cc(C)c(C(N)C2CCCCS2)cc1C. The highest BCUT2D eigenvalue weighted by molar-refractivity contribution is 8.00. The molecule has 0 bridgehead atoms. The number of rotatable bonds is 2. The quantitative estimate of drug-likeness (QED) is 0.860. The van der Waals surface area contributed by atoms with Crippen molar-refractivity contribution in [3.63, 3.8) is 0 Å². The summed E-state index contributed by atoms with van der Waals surface area (Å²) in [5.74, 6) is 1.28. The fourth-order valence-corrected chi connectivity index (χ4v) is 3.95. The average Bonchev–Trinajstić information content (AvgIpc) is 2.34. The third-order valence-corrected chi connectivity index (χ3v) is 5.34. The molecule has 1 nitrogen and oxygen atoms in total. The van der Waals surface area contributed by atoms with Crippen LogP contribution in [0.4, 0.5) is 0 Å². The first-order valence-corrected chi connectivity index (χ1v) is 7.59. The molecule has 1 aromatic rings. The van der Waals surface area contributed by atoms with Crippen LogP contribution in [0.1, 0.15) is 47.6 Å². The van der Waals surface area contributed by atoms with E-state index in [1.807, 2.05) is 0 Å². The third-order valence-electron chi connectivity index (χ3n) is 3.86. The van der Waals surface area contributed by atoms with Gasteiger partial charge in [0.1, 0.15) is 0 Å². The number of benzene rings is 1. The van der Waals surface area contributed by atoms with Crippen LogP contribution in [0.5, 0.6) is 0 Å². The molecule has 1 aliphatic heterocycles. The van der Waals surface area contributed by atoms with Crippen LogP contribution in [-0.4, -0.2) is 11.0 Å². The average molecular weight is 249 g/mol. The van der Waals surface area contributed by atoms with Crippen LogP contribution in [0.3, 0.4) is 0 Å². The van der Waals surface area contributed by atoms with Gasteiger partial charge in [0.2, 0.25) is 0 Å². The van der Waals surface area contributed by atoms with E-state index in [1.54, 1.807) is 0 Å². The maximum Gasteiger partial charge on any atom is 0.0418 e. The van der Waals surface area contributed by atoms with Gasteiger partial charge in [-0.05, 0) is 61.6 Å². The first kappa shape index (κ1) is 13.0. The second kappa shape index (κ2) is 5.45. The van der Waals surface area contributed by atoms with Crippen molar-refractivity contribution in [1.82, 2.24) is 0 Å². The van der Waals surface area contributed by atoms with Gasteiger partial charge in [0.25, 0.3) is 0 Å². The fraction of sp³-hybridized carbons (Fsp3) is 0.600. The molecule has 2 unspecified atom stereocenters. The Kier molecular flexibility index (Phi) is 4.16. The molecule has 17 heavy (non-hydrogen) atoms. The van der Waals surface area contributed by atoms with E-state index in [4.69, 9.17) is 5.73 Å². The minimum atomic E-state index is 0.208. The smallest absolute Gasteiger partial charge is 0.0418 e. The topological polar surface area (TPSA) is 26.0 Å². The number of aryl methyl sites for hydroxylation is 3. The Hall–Kier alpha value is -0.470. The second-order valence-electron chi connectivity index (χ2n) is 5.22. The molecule has 2 atom stereocenters. The highest BCUT2D eigenvalue weighted by Crippen LogP contribution is 2.35. The van der Waals surface area contributed by atoms with Crippen LogP contribution >= 0.6 is 11.8 Å². The molecule has 1 aromatic carbocycles. The summed E-state index contributed by atoms with van der Waals surface area (Å²) in [7, 11) is 0. The van der Waals surface area contributed by atoms with Crippen molar-refractivity contribution in [2.45, 2.75) is 51.3 Å². The molecular formula is C15H23NS. The van der Waals surface area contributed by atoms with Crippen molar-refractivity contribution < 1.29 is 0 Å². The molecule has 0 radical (unpaired) electrons. The summed E-state index contributed by atoms with van der Waals surface area (Å²) in [4.78, 5) is 0. The Balaban J connectivity index is 2.23. The van der Waals surface area contributed by atoms with Crippen LogP contribution in [0, 0.1) is 20.8 Å². The van der Waals surface area contributed by atoms with Crippen molar-refractivity contribution in [2.75, 3.05) is 5.75 Å². The molecule has 0 saturated carbocycles. The van der Waals surface area contributed by atoms with Gasteiger partial charge in [-0.3, -0.25) is 0 Å². The fourth-order valence-electron chi connectivity index (χ4n) is 2.59. The highest BCUT2D eigenvalue weighted by Gasteiger charge is 2.23. The van der Waals surface area contributed by atoms with E-state index in [-0.39, 0.29) is 6.04 Å². The van der Waals surface area contributed by atoms with Crippen molar-refractivity contribution in [1.29, 1.82) is 0 Å². The zero-order valence-corrected chi connectivity index (χ0v) is 11.9. The van der Waals surface area contributed by atoms with Crippen LogP contribution in [0.2, 0.25) is 0 Å². The Morgan fingerprint density at radius 3 is 2.47 bits per heavy atom. The predicted octanol–water partition coefficient (Wildman–Crippen LogP) is 3.90. The lowest BCUT2D eigenvalue weighted by atomic mass is 9.93. The molecule has 0 aromatic heterocycles. The summed E-state index contributed by atoms with van der Waals surface area (Å²) >= 11 is 2.06. The monoisotopic (exact) mass is 249 g/mol. The molecule has 1 fully saturated rings. The van der Waals surface area contributed by atoms with E-state index in [0.717, 1.165) is 0 Å². The van der Waals surface area contributed by atoms with Gasteiger partial charge in [-0.2, -0.15) is 11.8 Å². The van der Waals surface area contributed by atoms with E-state index in [2.05, 4.69) is 44.7 Å². The third kappa shape index (κ3) is 2.86. The molecule has 2 heteroatoms. The standard InChI is InChI=1S/C15H23NS/c1-10-8-12(3)13(9-11(10)2)15(16)14-6-4-5-7-17-14/h8-9,14-15H,4-7,16H2,1-3H3. The van der Waals surface area contributed by atoms with Crippen molar-refractivity contribution in [3.05, 3.63) is 34.4 Å². The summed E-state index contributed by atoms with van der Waals surface area (Å²) in [6, 6.07) is 4.78. The largest absolute Gasteiger partial charge is 0.323 e. The van der Waals surface area contributed by atoms with Crippen LogP contribution < -0.4 is 5.73 Å². The number of hydrogen-bond acceptors (Lipinski definition) is 2. The first-order chi connectivity index (χ1) is 8.09. The molecule has 0 aliphatic carbocycles. The van der Waals surface area contributed by atoms with Crippen LogP contribution in [-0.2, 0) is 0 Å². The Labute approximate surface area is 109 Å². The highest BCUT2D eigenvalue weighted by atomic mass is 32.2. The normalized spacial score (nSPS) is 22.5. The number of thioether (sulfide) groups is 1. The molecule has 1 heterocycles. The molecule has 1 saturated heterocycles. The maximum atomic E-state index is 6.47. The molecule has 0 spiro atoms. The number of hydrogen-bond donors (Lipinski definition) is 1. The van der Waals surface area contributed by atoms with Crippen LogP contribution in [0.25, 0.3) is 0 Å². The van der Waals surface area contributed by atoms with E-state index in [9.17, 15) is 0 Å². The molecule has 2 N–H and O–H groups in total. The summed E-state index contributed by atoms with van der Waals surface area (Å²) in [5, 5.41) is 0.615. The Bertz CT molecular complexity index is 394. The van der Waals surface area contributed by atoms with Crippen LogP contribution in [0.15, 0.2) is 12.1 Å². The van der Waals surface area contributed by atoms with Gasteiger partial charge in [-0.25, -0.2) is 0 Å². The Morgan fingerprint density at radius 2 is 1.82 bits per heavy atom. The van der Waals surface area contributed by atoms with Gasteiger partial charge in [0.15, 0.2) is 0 Å². The second-order valence-corrected chi connectivity index (χ2v) is 6.57. The van der Waals surface area contributed by atoms with Crippen molar-refractivity contribution in [2.24, 2.45) is 5.73 Å². The molecule has 0 amide bonds. The summed E-state index contributed by atoms with van der Waals surface area (Å²) in [5.41, 5.74) is 11.9. The van der Waals surface area contributed by atoms with Gasteiger partial charge in [0.05, 0.1) is 0 Å². The van der Waals surface area contributed by atoms with Gasteiger partial charge < -0.3 is 5.73 Å². The lowest BCUT2D eigenvalue weighted by Gasteiger charge is -2.28. The maximum absolute atomic E-state index is 6.47. The van der Waals surface area contributed by atoms with E-state index in [0.29, 0.717) is 5.25 Å². The van der Waals surface area contributed by atoms with E-state index < -0.39 is 0 Å². The lowest BCUT2D eigenvalue weighted by molar-refractivity contribution is 0.580. The summed E-state index contributed by atoms with van der Waals surface area (Å²) in [6.07, 6.45) is 3.98. The minimum Gasteiger partial charge on any atom is -0.323 e. The first-order valence-electron chi connectivity index (χ1n) is 6.54. The van der Waals surface area contributed by atoms with Gasteiger partial charge in [0, 0.05) is 11.3 Å². The summed E-state index contributed by atoms with van der Waals surface area (Å²) < 4.78 is 0. The Morgan fingerprint density at radius 1 is 1.12 bits per heavy atom.